The van der Waals surface area contributed by atoms with E-state index in [1.165, 1.54) is 6.26 Å². The molecule has 1 atom stereocenters. The molecule has 0 spiro atoms. The number of halogens is 1. The maximum Gasteiger partial charge on any atom is 0.247 e. The quantitative estimate of drug-likeness (QED) is 0.617. The first-order valence-corrected chi connectivity index (χ1v) is 10.6. The molecule has 142 valence electrons. The van der Waals surface area contributed by atoms with Gasteiger partial charge in [0.1, 0.15) is 0 Å². The summed E-state index contributed by atoms with van der Waals surface area (Å²) in [6.07, 6.45) is 1.20. The number of hydrogen-bond acceptors (Lipinski definition) is 6. The van der Waals surface area contributed by atoms with Crippen molar-refractivity contribution in [2.75, 3.05) is 13.3 Å². The van der Waals surface area contributed by atoms with E-state index in [2.05, 4.69) is 15.1 Å². The minimum absolute atomic E-state index is 0.0458. The highest BCUT2D eigenvalue weighted by Crippen LogP contribution is 2.24. The van der Waals surface area contributed by atoms with E-state index in [0.717, 1.165) is 11.1 Å². The lowest BCUT2D eigenvalue weighted by molar-refractivity contribution is 0.228. The largest absolute Gasteiger partial charge is 0.419 e. The van der Waals surface area contributed by atoms with Crippen LogP contribution in [0.4, 0.5) is 0 Å². The van der Waals surface area contributed by atoms with Crippen LogP contribution in [0.5, 0.6) is 0 Å². The van der Waals surface area contributed by atoms with Crippen LogP contribution in [0.2, 0.25) is 5.02 Å². The predicted octanol–water partition coefficient (Wildman–Crippen LogP) is 3.99. The van der Waals surface area contributed by atoms with Gasteiger partial charge in [0.05, 0.1) is 11.4 Å². The summed E-state index contributed by atoms with van der Waals surface area (Å²) in [5.41, 5.74) is 1.81. The van der Waals surface area contributed by atoms with Crippen molar-refractivity contribution in [2.24, 2.45) is 0 Å². The van der Waals surface area contributed by atoms with E-state index in [0.29, 0.717) is 28.2 Å². The van der Waals surface area contributed by atoms with E-state index < -0.39 is 9.84 Å². The highest BCUT2D eigenvalue weighted by atomic mass is 35.5. The molecule has 3 rings (SSSR count). The SMILES string of the molecule is CC(c1ccc(S(C)(=O)=O)cc1)N(C)Cc1nnc(-c2ccc(Cl)cc2)o1. The van der Waals surface area contributed by atoms with Gasteiger partial charge in [-0.15, -0.1) is 10.2 Å². The summed E-state index contributed by atoms with van der Waals surface area (Å²) in [5, 5.41) is 8.84. The molecule has 0 radical (unpaired) electrons. The van der Waals surface area contributed by atoms with Crippen molar-refractivity contribution in [1.29, 1.82) is 0 Å². The maximum atomic E-state index is 11.6. The molecular formula is C19H20ClN3O3S. The first-order chi connectivity index (χ1) is 12.7. The van der Waals surface area contributed by atoms with Gasteiger partial charge in [0, 0.05) is 22.9 Å². The van der Waals surface area contributed by atoms with Crippen LogP contribution in [0.25, 0.3) is 11.5 Å². The Labute approximate surface area is 163 Å². The summed E-state index contributed by atoms with van der Waals surface area (Å²) in [6, 6.07) is 14.1. The van der Waals surface area contributed by atoms with Crippen LogP contribution in [0.15, 0.2) is 57.8 Å². The number of benzene rings is 2. The third kappa shape index (κ3) is 4.74. The average Bonchev–Trinajstić information content (AvgIpc) is 3.09. The van der Waals surface area contributed by atoms with Crippen LogP contribution in [0, 0.1) is 0 Å². The molecule has 0 amide bonds. The molecule has 0 N–H and O–H groups in total. The molecule has 0 aliphatic carbocycles. The summed E-state index contributed by atoms with van der Waals surface area (Å²) in [4.78, 5) is 2.36. The van der Waals surface area contributed by atoms with E-state index in [1.54, 1.807) is 24.3 Å². The number of hydrogen-bond donors (Lipinski definition) is 0. The van der Waals surface area contributed by atoms with Gasteiger partial charge in [0.2, 0.25) is 11.8 Å². The number of rotatable bonds is 6. The lowest BCUT2D eigenvalue weighted by atomic mass is 10.1. The van der Waals surface area contributed by atoms with Gasteiger partial charge in [-0.1, -0.05) is 23.7 Å². The number of sulfone groups is 1. The average molecular weight is 406 g/mol. The molecule has 1 aromatic heterocycles. The van der Waals surface area contributed by atoms with Gasteiger partial charge in [0.15, 0.2) is 9.84 Å². The molecule has 0 fully saturated rings. The Hall–Kier alpha value is -2.22. The molecule has 0 bridgehead atoms. The first kappa shape index (κ1) is 19.5. The van der Waals surface area contributed by atoms with Crippen molar-refractivity contribution < 1.29 is 12.8 Å². The standard InChI is InChI=1S/C19H20ClN3O3S/c1-13(14-6-10-17(11-7-14)27(3,24)25)23(2)12-18-21-22-19(26-18)15-4-8-16(20)9-5-15/h4-11,13H,12H2,1-3H3. The van der Waals surface area contributed by atoms with Crippen LogP contribution in [0.3, 0.4) is 0 Å². The molecule has 1 unspecified atom stereocenters. The van der Waals surface area contributed by atoms with Gasteiger partial charge >= 0.3 is 0 Å². The summed E-state index contributed by atoms with van der Waals surface area (Å²) in [5.74, 6) is 0.947. The van der Waals surface area contributed by atoms with Gasteiger partial charge in [0.25, 0.3) is 0 Å². The Bertz CT molecular complexity index is 1020. The molecule has 2 aromatic carbocycles. The molecule has 1 heterocycles. The molecule has 6 nitrogen and oxygen atoms in total. The summed E-state index contributed by atoms with van der Waals surface area (Å²) >= 11 is 5.89. The lowest BCUT2D eigenvalue weighted by Crippen LogP contribution is -2.22. The van der Waals surface area contributed by atoms with Gasteiger partial charge in [-0.05, 0) is 55.9 Å². The smallest absolute Gasteiger partial charge is 0.247 e. The van der Waals surface area contributed by atoms with E-state index >= 15 is 0 Å². The van der Waals surface area contributed by atoms with Crippen molar-refractivity contribution in [1.82, 2.24) is 15.1 Å². The van der Waals surface area contributed by atoms with Crippen LogP contribution in [-0.2, 0) is 16.4 Å². The fourth-order valence-electron chi connectivity index (χ4n) is 2.62. The van der Waals surface area contributed by atoms with Gasteiger partial charge in [-0.3, -0.25) is 4.90 Å². The summed E-state index contributed by atoms with van der Waals surface area (Å²) in [6.45, 7) is 2.50. The second kappa shape index (κ2) is 7.80. The Morgan fingerprint density at radius 2 is 1.70 bits per heavy atom. The zero-order valence-electron chi connectivity index (χ0n) is 15.3. The minimum atomic E-state index is -3.20. The topological polar surface area (TPSA) is 76.3 Å². The Balaban J connectivity index is 1.69. The van der Waals surface area contributed by atoms with E-state index in [-0.39, 0.29) is 6.04 Å². The summed E-state index contributed by atoms with van der Waals surface area (Å²) < 4.78 is 28.9. The highest BCUT2D eigenvalue weighted by Gasteiger charge is 2.17. The molecule has 0 saturated carbocycles. The fraction of sp³-hybridized carbons (Fsp3) is 0.263. The van der Waals surface area contributed by atoms with Crippen LogP contribution in [0.1, 0.15) is 24.4 Å². The van der Waals surface area contributed by atoms with Crippen molar-refractivity contribution in [2.45, 2.75) is 24.4 Å². The molecule has 3 aromatic rings. The minimum Gasteiger partial charge on any atom is -0.419 e. The maximum absolute atomic E-state index is 11.6. The number of aromatic nitrogens is 2. The molecule has 27 heavy (non-hydrogen) atoms. The molecule has 0 aliphatic heterocycles. The number of nitrogens with zero attached hydrogens (tertiary/aromatic N) is 3. The van der Waals surface area contributed by atoms with Crippen LogP contribution < -0.4 is 0 Å². The third-order valence-corrected chi connectivity index (χ3v) is 5.77. The van der Waals surface area contributed by atoms with Crippen molar-refractivity contribution in [3.63, 3.8) is 0 Å². The van der Waals surface area contributed by atoms with Crippen molar-refractivity contribution in [3.05, 3.63) is 65.0 Å². The van der Waals surface area contributed by atoms with E-state index in [9.17, 15) is 8.42 Å². The van der Waals surface area contributed by atoms with Gasteiger partial charge in [-0.2, -0.15) is 0 Å². The van der Waals surface area contributed by atoms with Crippen molar-refractivity contribution >= 4 is 21.4 Å². The third-order valence-electron chi connectivity index (χ3n) is 4.39. The zero-order chi connectivity index (χ0) is 19.6. The van der Waals surface area contributed by atoms with Gasteiger partial charge < -0.3 is 4.42 Å². The Kier molecular flexibility index (Phi) is 5.64. The second-order valence-corrected chi connectivity index (χ2v) is 8.89. The molecule has 0 aliphatic rings. The predicted molar refractivity (Wildman–Crippen MR) is 104 cm³/mol. The first-order valence-electron chi connectivity index (χ1n) is 8.32. The second-order valence-electron chi connectivity index (χ2n) is 6.44. The fourth-order valence-corrected chi connectivity index (χ4v) is 3.38. The Morgan fingerprint density at radius 3 is 2.30 bits per heavy atom. The normalized spacial score (nSPS) is 13.1. The molecular weight excluding hydrogens is 386 g/mol. The monoisotopic (exact) mass is 405 g/mol. The Morgan fingerprint density at radius 1 is 1.07 bits per heavy atom. The molecule has 8 heteroatoms. The summed E-state index contributed by atoms with van der Waals surface area (Å²) in [7, 11) is -1.25. The molecule has 0 saturated heterocycles. The van der Waals surface area contributed by atoms with Crippen molar-refractivity contribution in [3.8, 4) is 11.5 Å². The van der Waals surface area contributed by atoms with E-state index in [4.69, 9.17) is 16.0 Å². The van der Waals surface area contributed by atoms with E-state index in [1.807, 2.05) is 38.2 Å². The van der Waals surface area contributed by atoms with Gasteiger partial charge in [-0.25, -0.2) is 8.42 Å². The highest BCUT2D eigenvalue weighted by molar-refractivity contribution is 7.90. The van der Waals surface area contributed by atoms with Crippen LogP contribution in [-0.4, -0.2) is 36.8 Å². The zero-order valence-corrected chi connectivity index (χ0v) is 16.8. The van der Waals surface area contributed by atoms with Crippen LogP contribution >= 0.6 is 11.6 Å². The lowest BCUT2D eigenvalue weighted by Gasteiger charge is -2.23.